The molecule has 3 atom stereocenters. The highest BCUT2D eigenvalue weighted by Gasteiger charge is 2.33. The fourth-order valence-electron chi connectivity index (χ4n) is 3.66. The number of hydrogen-bond donors (Lipinski definition) is 1. The lowest BCUT2D eigenvalue weighted by Crippen LogP contribution is -2.41. The fraction of sp³-hybridized carbons (Fsp3) is 0.938. The molecule has 0 spiro atoms. The molecule has 3 nitrogen and oxygen atoms in total. The van der Waals surface area contributed by atoms with Crippen LogP contribution in [0.2, 0.25) is 0 Å². The maximum absolute atomic E-state index is 12.0. The molecule has 3 heteroatoms. The van der Waals surface area contributed by atoms with Gasteiger partial charge >= 0.3 is 6.09 Å². The lowest BCUT2D eigenvalue weighted by Gasteiger charge is -2.36. The minimum absolute atomic E-state index is 0.116. The first-order valence-corrected chi connectivity index (χ1v) is 8.03. The second-order valence-electron chi connectivity index (χ2n) is 6.90. The van der Waals surface area contributed by atoms with Crippen LogP contribution in [0.25, 0.3) is 0 Å². The molecular formula is C16H29NO2. The van der Waals surface area contributed by atoms with Crippen LogP contribution in [0.4, 0.5) is 4.79 Å². The molecular weight excluding hydrogens is 238 g/mol. The van der Waals surface area contributed by atoms with Crippen molar-refractivity contribution in [3.05, 3.63) is 0 Å². The molecule has 110 valence electrons. The van der Waals surface area contributed by atoms with Crippen molar-refractivity contribution in [2.24, 2.45) is 17.8 Å². The van der Waals surface area contributed by atoms with Gasteiger partial charge in [0.2, 0.25) is 0 Å². The van der Waals surface area contributed by atoms with Crippen molar-refractivity contribution in [3.63, 3.8) is 0 Å². The number of carbonyl (C=O) groups excluding carboxylic acids is 1. The Kier molecular flexibility index (Phi) is 5.12. The molecule has 0 aromatic carbocycles. The SMILES string of the molecule is CC(C)[C@@H]1CC[C@@H](C)C[C@@H]1OC(=O)NC1CCCC1. The Labute approximate surface area is 117 Å². The van der Waals surface area contributed by atoms with Crippen molar-refractivity contribution in [3.8, 4) is 0 Å². The Morgan fingerprint density at radius 1 is 1.16 bits per heavy atom. The number of hydrogen-bond acceptors (Lipinski definition) is 2. The van der Waals surface area contributed by atoms with Crippen LogP contribution in [-0.2, 0) is 4.74 Å². The predicted octanol–water partition coefficient (Wildman–Crippen LogP) is 4.12. The van der Waals surface area contributed by atoms with Crippen LogP contribution in [0.15, 0.2) is 0 Å². The van der Waals surface area contributed by atoms with E-state index in [2.05, 4.69) is 26.1 Å². The normalized spacial score (nSPS) is 32.5. The van der Waals surface area contributed by atoms with Crippen molar-refractivity contribution >= 4 is 6.09 Å². The molecule has 0 aliphatic heterocycles. The van der Waals surface area contributed by atoms with Gasteiger partial charge in [-0.1, -0.05) is 40.0 Å². The minimum Gasteiger partial charge on any atom is -0.446 e. The molecule has 2 saturated carbocycles. The third-order valence-electron chi connectivity index (χ3n) is 4.90. The summed E-state index contributed by atoms with van der Waals surface area (Å²) in [6, 6.07) is 0.353. The zero-order valence-corrected chi connectivity index (χ0v) is 12.7. The van der Waals surface area contributed by atoms with E-state index in [0.717, 1.165) is 19.3 Å². The number of rotatable bonds is 3. The molecule has 2 fully saturated rings. The van der Waals surface area contributed by atoms with Gasteiger partial charge in [-0.15, -0.1) is 0 Å². The lowest BCUT2D eigenvalue weighted by atomic mass is 9.75. The quantitative estimate of drug-likeness (QED) is 0.835. The second kappa shape index (κ2) is 6.62. The summed E-state index contributed by atoms with van der Waals surface area (Å²) in [5, 5.41) is 3.04. The van der Waals surface area contributed by atoms with E-state index in [-0.39, 0.29) is 12.2 Å². The first-order valence-electron chi connectivity index (χ1n) is 8.03. The summed E-state index contributed by atoms with van der Waals surface area (Å²) >= 11 is 0. The van der Waals surface area contributed by atoms with Gasteiger partial charge in [0.15, 0.2) is 0 Å². The Hall–Kier alpha value is -0.730. The van der Waals surface area contributed by atoms with Gasteiger partial charge in [0.1, 0.15) is 6.10 Å². The summed E-state index contributed by atoms with van der Waals surface area (Å²) in [5.74, 6) is 1.81. The van der Waals surface area contributed by atoms with Crippen molar-refractivity contribution in [2.75, 3.05) is 0 Å². The second-order valence-corrected chi connectivity index (χ2v) is 6.90. The van der Waals surface area contributed by atoms with Crippen molar-refractivity contribution in [2.45, 2.75) is 77.9 Å². The van der Waals surface area contributed by atoms with Crippen molar-refractivity contribution in [1.82, 2.24) is 5.32 Å². The number of alkyl carbamates (subject to hydrolysis) is 1. The monoisotopic (exact) mass is 267 g/mol. The Morgan fingerprint density at radius 3 is 2.47 bits per heavy atom. The summed E-state index contributed by atoms with van der Waals surface area (Å²) in [6.07, 6.45) is 8.13. The molecule has 19 heavy (non-hydrogen) atoms. The van der Waals surface area contributed by atoms with Gasteiger partial charge in [-0.25, -0.2) is 4.79 Å². The van der Waals surface area contributed by atoms with Gasteiger partial charge in [-0.05, 0) is 43.4 Å². The van der Waals surface area contributed by atoms with Crippen LogP contribution >= 0.6 is 0 Å². The maximum atomic E-state index is 12.0. The van der Waals surface area contributed by atoms with Crippen LogP contribution in [0.5, 0.6) is 0 Å². The number of amides is 1. The molecule has 0 aromatic heterocycles. The topological polar surface area (TPSA) is 38.3 Å². The van der Waals surface area contributed by atoms with Gasteiger partial charge in [-0.2, -0.15) is 0 Å². The average Bonchev–Trinajstić information content (AvgIpc) is 2.81. The molecule has 0 unspecified atom stereocenters. The van der Waals surface area contributed by atoms with E-state index in [0.29, 0.717) is 23.8 Å². The summed E-state index contributed by atoms with van der Waals surface area (Å²) < 4.78 is 5.75. The summed E-state index contributed by atoms with van der Waals surface area (Å²) in [6.45, 7) is 6.75. The van der Waals surface area contributed by atoms with Crippen LogP contribution in [0, 0.1) is 17.8 Å². The highest BCUT2D eigenvalue weighted by atomic mass is 16.6. The van der Waals surface area contributed by atoms with Gasteiger partial charge in [0, 0.05) is 6.04 Å². The number of ether oxygens (including phenoxy) is 1. The molecule has 0 aromatic rings. The molecule has 0 radical (unpaired) electrons. The zero-order chi connectivity index (χ0) is 13.8. The van der Waals surface area contributed by atoms with Gasteiger partial charge < -0.3 is 10.1 Å². The van der Waals surface area contributed by atoms with E-state index in [1.54, 1.807) is 0 Å². The number of nitrogens with one attached hydrogen (secondary N) is 1. The minimum atomic E-state index is -0.184. The van der Waals surface area contributed by atoms with E-state index >= 15 is 0 Å². The zero-order valence-electron chi connectivity index (χ0n) is 12.7. The molecule has 0 bridgehead atoms. The Bertz CT molecular complexity index is 297. The van der Waals surface area contributed by atoms with Crippen LogP contribution in [0.1, 0.15) is 65.7 Å². The van der Waals surface area contributed by atoms with Crippen LogP contribution in [0.3, 0.4) is 0 Å². The van der Waals surface area contributed by atoms with Crippen molar-refractivity contribution < 1.29 is 9.53 Å². The molecule has 2 aliphatic rings. The van der Waals surface area contributed by atoms with Gasteiger partial charge in [0.05, 0.1) is 0 Å². The van der Waals surface area contributed by atoms with Gasteiger partial charge in [0.25, 0.3) is 0 Å². The van der Waals surface area contributed by atoms with E-state index in [1.165, 1.54) is 25.7 Å². The standard InChI is InChI=1S/C16H29NO2/c1-11(2)14-9-8-12(3)10-15(14)19-16(18)17-13-6-4-5-7-13/h11-15H,4-10H2,1-3H3,(H,17,18)/t12-,14+,15+/m1/s1. The first kappa shape index (κ1) is 14.7. The highest BCUT2D eigenvalue weighted by Crippen LogP contribution is 2.35. The van der Waals surface area contributed by atoms with Crippen LogP contribution in [-0.4, -0.2) is 18.2 Å². The molecule has 0 saturated heterocycles. The Balaban J connectivity index is 1.85. The van der Waals surface area contributed by atoms with Crippen molar-refractivity contribution in [1.29, 1.82) is 0 Å². The summed E-state index contributed by atoms with van der Waals surface area (Å²) in [7, 11) is 0. The molecule has 0 heterocycles. The van der Waals surface area contributed by atoms with Crippen LogP contribution < -0.4 is 5.32 Å². The third kappa shape index (κ3) is 4.12. The lowest BCUT2D eigenvalue weighted by molar-refractivity contribution is 0.00506. The third-order valence-corrected chi connectivity index (χ3v) is 4.90. The first-order chi connectivity index (χ1) is 9.06. The van der Waals surface area contributed by atoms with E-state index < -0.39 is 0 Å². The summed E-state index contributed by atoms with van der Waals surface area (Å²) in [5.41, 5.74) is 0. The molecule has 2 aliphatic carbocycles. The average molecular weight is 267 g/mol. The highest BCUT2D eigenvalue weighted by molar-refractivity contribution is 5.67. The largest absolute Gasteiger partial charge is 0.446 e. The maximum Gasteiger partial charge on any atom is 0.407 e. The molecule has 1 N–H and O–H groups in total. The predicted molar refractivity (Wildman–Crippen MR) is 77.0 cm³/mol. The Morgan fingerprint density at radius 2 is 1.84 bits per heavy atom. The van der Waals surface area contributed by atoms with Gasteiger partial charge in [-0.3, -0.25) is 0 Å². The van der Waals surface area contributed by atoms with E-state index in [4.69, 9.17) is 4.74 Å². The summed E-state index contributed by atoms with van der Waals surface area (Å²) in [4.78, 5) is 12.0. The van der Waals surface area contributed by atoms with E-state index in [9.17, 15) is 4.79 Å². The van der Waals surface area contributed by atoms with E-state index in [1.807, 2.05) is 0 Å². The smallest absolute Gasteiger partial charge is 0.407 e. The fourth-order valence-corrected chi connectivity index (χ4v) is 3.66. The molecule has 2 rings (SSSR count). The number of carbonyl (C=O) groups is 1. The molecule has 1 amide bonds.